The van der Waals surface area contributed by atoms with E-state index in [-0.39, 0.29) is 6.10 Å². The van der Waals surface area contributed by atoms with Crippen LogP contribution in [0.4, 0.5) is 5.69 Å². The van der Waals surface area contributed by atoms with E-state index in [1.54, 1.807) is 0 Å². The van der Waals surface area contributed by atoms with Gasteiger partial charge in [-0.1, -0.05) is 41.9 Å². The highest BCUT2D eigenvalue weighted by Gasteiger charge is 2.41. The molecule has 102 valence electrons. The number of ether oxygens (including phenoxy) is 1. The highest BCUT2D eigenvalue weighted by atomic mass is 35.5. The average Bonchev–Trinajstić information content (AvgIpc) is 2.97. The maximum atomic E-state index is 6.00. The van der Waals surface area contributed by atoms with E-state index in [0.29, 0.717) is 12.0 Å². The molecule has 20 heavy (non-hydrogen) atoms. The van der Waals surface area contributed by atoms with Crippen molar-refractivity contribution < 1.29 is 4.74 Å². The summed E-state index contributed by atoms with van der Waals surface area (Å²) in [5.74, 6) is 0.492. The summed E-state index contributed by atoms with van der Waals surface area (Å²) >= 11 is 6.00. The molecule has 3 unspecified atom stereocenters. The van der Waals surface area contributed by atoms with Gasteiger partial charge in [0.05, 0.1) is 12.1 Å². The first-order valence-corrected chi connectivity index (χ1v) is 7.43. The normalized spacial score (nSPS) is 27.6. The van der Waals surface area contributed by atoms with Crippen LogP contribution in [0.1, 0.15) is 29.7 Å². The smallest absolute Gasteiger partial charge is 0.0896 e. The van der Waals surface area contributed by atoms with E-state index in [4.69, 9.17) is 16.3 Å². The number of para-hydroxylation sites is 1. The standard InChI is InChI=1S/C17H16ClNO/c18-12-7-5-11(6-8-12)16-14-9-10-20-17(14)13-3-1-2-4-15(13)19-16/h1-8,14,16-17,19H,9-10H2. The SMILES string of the molecule is Clc1ccc(C2Nc3ccccc3C3OCCC23)cc1. The molecule has 0 spiro atoms. The Labute approximate surface area is 123 Å². The molecule has 0 aliphatic carbocycles. The molecule has 0 amide bonds. The molecule has 0 bridgehead atoms. The number of fused-ring (bicyclic) bond motifs is 3. The highest BCUT2D eigenvalue weighted by Crippen LogP contribution is 2.49. The average molecular weight is 286 g/mol. The quantitative estimate of drug-likeness (QED) is 0.828. The molecule has 2 aliphatic rings. The summed E-state index contributed by atoms with van der Waals surface area (Å²) in [6.45, 7) is 0.843. The van der Waals surface area contributed by atoms with Gasteiger partial charge < -0.3 is 10.1 Å². The van der Waals surface area contributed by atoms with Gasteiger partial charge in [-0.3, -0.25) is 0 Å². The van der Waals surface area contributed by atoms with Gasteiger partial charge in [-0.25, -0.2) is 0 Å². The summed E-state index contributed by atoms with van der Waals surface area (Å²) in [5, 5.41) is 4.46. The molecule has 1 fully saturated rings. The zero-order valence-corrected chi connectivity index (χ0v) is 11.8. The largest absolute Gasteiger partial charge is 0.378 e. The summed E-state index contributed by atoms with van der Waals surface area (Å²) in [4.78, 5) is 0. The van der Waals surface area contributed by atoms with Gasteiger partial charge in [-0.15, -0.1) is 0 Å². The van der Waals surface area contributed by atoms with E-state index in [9.17, 15) is 0 Å². The second kappa shape index (κ2) is 4.80. The molecule has 1 saturated heterocycles. The Hall–Kier alpha value is -1.51. The Kier molecular flexibility index (Phi) is 2.94. The minimum Gasteiger partial charge on any atom is -0.378 e. The lowest BCUT2D eigenvalue weighted by Gasteiger charge is -2.36. The molecule has 1 N–H and O–H groups in total. The number of anilines is 1. The van der Waals surface area contributed by atoms with Gasteiger partial charge in [0.2, 0.25) is 0 Å². The van der Waals surface area contributed by atoms with Gasteiger partial charge in [-0.05, 0) is 30.2 Å². The second-order valence-electron chi connectivity index (χ2n) is 5.50. The summed E-state index contributed by atoms with van der Waals surface area (Å²) < 4.78 is 5.99. The van der Waals surface area contributed by atoms with Crippen LogP contribution < -0.4 is 5.32 Å². The molecule has 4 rings (SSSR count). The number of hydrogen-bond donors (Lipinski definition) is 1. The Balaban J connectivity index is 1.76. The highest BCUT2D eigenvalue weighted by molar-refractivity contribution is 6.30. The van der Waals surface area contributed by atoms with Crippen molar-refractivity contribution in [2.75, 3.05) is 11.9 Å². The van der Waals surface area contributed by atoms with Gasteiger partial charge >= 0.3 is 0 Å². The van der Waals surface area contributed by atoms with Crippen LogP contribution in [0, 0.1) is 5.92 Å². The van der Waals surface area contributed by atoms with Crippen molar-refractivity contribution in [1.82, 2.24) is 0 Å². The molecule has 2 heterocycles. The monoisotopic (exact) mass is 285 g/mol. The van der Waals surface area contributed by atoms with E-state index in [0.717, 1.165) is 18.1 Å². The van der Waals surface area contributed by atoms with Crippen LogP contribution in [0.2, 0.25) is 5.02 Å². The van der Waals surface area contributed by atoms with E-state index in [2.05, 4.69) is 41.7 Å². The fraction of sp³-hybridized carbons (Fsp3) is 0.294. The Morgan fingerprint density at radius 2 is 1.85 bits per heavy atom. The fourth-order valence-electron chi connectivity index (χ4n) is 3.42. The van der Waals surface area contributed by atoms with Crippen molar-refractivity contribution in [3.63, 3.8) is 0 Å². The van der Waals surface area contributed by atoms with Crippen LogP contribution in [0.3, 0.4) is 0 Å². The van der Waals surface area contributed by atoms with Gasteiger partial charge in [0.1, 0.15) is 0 Å². The summed E-state index contributed by atoms with van der Waals surface area (Å²) in [6.07, 6.45) is 1.31. The lowest BCUT2D eigenvalue weighted by atomic mass is 9.81. The Bertz CT molecular complexity index is 625. The van der Waals surface area contributed by atoms with Crippen LogP contribution in [-0.4, -0.2) is 6.61 Å². The minimum absolute atomic E-state index is 0.216. The maximum Gasteiger partial charge on any atom is 0.0896 e. The third-order valence-electron chi connectivity index (χ3n) is 4.37. The van der Waals surface area contributed by atoms with Crippen LogP contribution in [0.5, 0.6) is 0 Å². The third-order valence-corrected chi connectivity index (χ3v) is 4.63. The number of halogens is 1. The van der Waals surface area contributed by atoms with E-state index in [1.807, 2.05) is 12.1 Å². The van der Waals surface area contributed by atoms with Crippen molar-refractivity contribution in [3.8, 4) is 0 Å². The summed E-state index contributed by atoms with van der Waals surface area (Å²) in [5.41, 5.74) is 3.76. The molecule has 2 aromatic rings. The lowest BCUT2D eigenvalue weighted by molar-refractivity contribution is 0.0829. The predicted octanol–water partition coefficient (Wildman–Crippen LogP) is 4.58. The molecular formula is C17H16ClNO. The van der Waals surface area contributed by atoms with Gasteiger partial charge in [0, 0.05) is 28.8 Å². The van der Waals surface area contributed by atoms with Crippen LogP contribution >= 0.6 is 11.6 Å². The molecule has 2 aliphatic heterocycles. The van der Waals surface area contributed by atoms with Crippen molar-refractivity contribution >= 4 is 17.3 Å². The summed E-state index contributed by atoms with van der Waals surface area (Å²) in [7, 11) is 0. The van der Waals surface area contributed by atoms with Crippen molar-refractivity contribution in [3.05, 3.63) is 64.7 Å². The minimum atomic E-state index is 0.216. The molecule has 0 radical (unpaired) electrons. The van der Waals surface area contributed by atoms with Crippen molar-refractivity contribution in [2.24, 2.45) is 5.92 Å². The first-order chi connectivity index (χ1) is 9.83. The van der Waals surface area contributed by atoms with Crippen molar-refractivity contribution in [1.29, 1.82) is 0 Å². The zero-order valence-electron chi connectivity index (χ0n) is 11.1. The van der Waals surface area contributed by atoms with Gasteiger partial charge in [-0.2, -0.15) is 0 Å². The lowest BCUT2D eigenvalue weighted by Crippen LogP contribution is -2.29. The molecule has 3 atom stereocenters. The molecule has 2 aromatic carbocycles. The van der Waals surface area contributed by atoms with E-state index in [1.165, 1.54) is 16.8 Å². The number of hydrogen-bond acceptors (Lipinski definition) is 2. The molecule has 2 nitrogen and oxygen atoms in total. The number of rotatable bonds is 1. The van der Waals surface area contributed by atoms with E-state index >= 15 is 0 Å². The number of benzene rings is 2. The third kappa shape index (κ3) is 1.91. The predicted molar refractivity (Wildman–Crippen MR) is 81.1 cm³/mol. The summed E-state index contributed by atoms with van der Waals surface area (Å²) in [6, 6.07) is 16.9. The van der Waals surface area contributed by atoms with Crippen molar-refractivity contribution in [2.45, 2.75) is 18.6 Å². The second-order valence-corrected chi connectivity index (χ2v) is 5.94. The van der Waals surface area contributed by atoms with E-state index < -0.39 is 0 Å². The Morgan fingerprint density at radius 3 is 2.70 bits per heavy atom. The molecule has 0 aromatic heterocycles. The Morgan fingerprint density at radius 1 is 1.05 bits per heavy atom. The first kappa shape index (κ1) is 12.2. The van der Waals surface area contributed by atoms with Gasteiger partial charge in [0.15, 0.2) is 0 Å². The molecular weight excluding hydrogens is 270 g/mol. The fourth-order valence-corrected chi connectivity index (χ4v) is 3.55. The molecule has 3 heteroatoms. The van der Waals surface area contributed by atoms with Gasteiger partial charge in [0.25, 0.3) is 0 Å². The van der Waals surface area contributed by atoms with Crippen LogP contribution in [0.25, 0.3) is 0 Å². The first-order valence-electron chi connectivity index (χ1n) is 7.05. The van der Waals surface area contributed by atoms with Crippen LogP contribution in [0.15, 0.2) is 48.5 Å². The van der Waals surface area contributed by atoms with Crippen LogP contribution in [-0.2, 0) is 4.74 Å². The maximum absolute atomic E-state index is 6.00. The number of nitrogens with one attached hydrogen (secondary N) is 1. The zero-order chi connectivity index (χ0) is 13.5. The topological polar surface area (TPSA) is 21.3 Å². The molecule has 0 saturated carbocycles.